The molecule has 3 atom stereocenters. The molecule has 4 heteroatoms. The van der Waals surface area contributed by atoms with E-state index in [0.717, 1.165) is 30.8 Å². The average Bonchev–Trinajstić information content (AvgIpc) is 2.87. The molecule has 1 amide bonds. The monoisotopic (exact) mass is 266 g/mol. The standard InChI is InChI=1S/C15H26N2O2/c1-15(2,3)19-14(18)17-7-6-16-10-13-9-11-4-5-12(13)8-11/h4-5,11-13,16H,6-10H2,1-3H3,(H,17,18). The van der Waals surface area contributed by atoms with E-state index < -0.39 is 5.60 Å². The number of ether oxygens (including phenoxy) is 1. The second-order valence-electron chi connectivity index (χ2n) is 6.67. The maximum atomic E-state index is 11.4. The molecule has 19 heavy (non-hydrogen) atoms. The van der Waals surface area contributed by atoms with E-state index in [0.29, 0.717) is 6.54 Å². The maximum Gasteiger partial charge on any atom is 0.407 e. The van der Waals surface area contributed by atoms with Gasteiger partial charge in [-0.05, 0) is 57.9 Å². The molecule has 4 nitrogen and oxygen atoms in total. The van der Waals surface area contributed by atoms with Gasteiger partial charge in [0.15, 0.2) is 0 Å². The Balaban J connectivity index is 1.51. The molecule has 0 aliphatic heterocycles. The highest BCUT2D eigenvalue weighted by molar-refractivity contribution is 5.67. The summed E-state index contributed by atoms with van der Waals surface area (Å²) in [5, 5.41) is 6.19. The number of carbonyl (C=O) groups excluding carboxylic acids is 1. The third kappa shape index (κ3) is 4.53. The zero-order valence-electron chi connectivity index (χ0n) is 12.2. The third-order valence-electron chi connectivity index (χ3n) is 3.79. The minimum Gasteiger partial charge on any atom is -0.444 e. The molecule has 1 saturated carbocycles. The van der Waals surface area contributed by atoms with E-state index in [2.05, 4.69) is 22.8 Å². The fraction of sp³-hybridized carbons (Fsp3) is 0.800. The molecular formula is C15H26N2O2. The number of alkyl carbamates (subject to hydrolysis) is 1. The molecule has 108 valence electrons. The molecule has 0 spiro atoms. The minimum atomic E-state index is -0.424. The minimum absolute atomic E-state index is 0.336. The zero-order valence-corrected chi connectivity index (χ0v) is 12.2. The van der Waals surface area contributed by atoms with Gasteiger partial charge >= 0.3 is 6.09 Å². The van der Waals surface area contributed by atoms with E-state index in [9.17, 15) is 4.79 Å². The molecular weight excluding hydrogens is 240 g/mol. The first-order valence-corrected chi connectivity index (χ1v) is 7.30. The van der Waals surface area contributed by atoms with E-state index in [1.165, 1.54) is 12.8 Å². The second-order valence-corrected chi connectivity index (χ2v) is 6.67. The first-order valence-electron chi connectivity index (χ1n) is 7.30. The van der Waals surface area contributed by atoms with Crippen molar-refractivity contribution < 1.29 is 9.53 Å². The van der Waals surface area contributed by atoms with Crippen molar-refractivity contribution in [2.24, 2.45) is 17.8 Å². The van der Waals surface area contributed by atoms with Crippen molar-refractivity contribution in [3.63, 3.8) is 0 Å². The quantitative estimate of drug-likeness (QED) is 0.593. The summed E-state index contributed by atoms with van der Waals surface area (Å²) >= 11 is 0. The summed E-state index contributed by atoms with van der Waals surface area (Å²) < 4.78 is 5.17. The molecule has 2 N–H and O–H groups in total. The van der Waals surface area contributed by atoms with Crippen LogP contribution in [-0.4, -0.2) is 31.3 Å². The molecule has 0 radical (unpaired) electrons. The number of rotatable bonds is 5. The Morgan fingerprint density at radius 2 is 2.05 bits per heavy atom. The first kappa shape index (κ1) is 14.4. The number of hydrogen-bond acceptors (Lipinski definition) is 3. The van der Waals surface area contributed by atoms with Gasteiger partial charge in [-0.15, -0.1) is 0 Å². The summed E-state index contributed by atoms with van der Waals surface area (Å²) in [5.74, 6) is 2.41. The summed E-state index contributed by atoms with van der Waals surface area (Å²) in [7, 11) is 0. The van der Waals surface area contributed by atoms with Gasteiger partial charge in [0, 0.05) is 13.1 Å². The second kappa shape index (κ2) is 5.95. The highest BCUT2D eigenvalue weighted by Crippen LogP contribution is 2.42. The molecule has 1 fully saturated rings. The van der Waals surface area contributed by atoms with Crippen LogP contribution in [0, 0.1) is 17.8 Å². The Labute approximate surface area is 116 Å². The van der Waals surface area contributed by atoms with Crippen LogP contribution in [0.15, 0.2) is 12.2 Å². The Kier molecular flexibility index (Phi) is 4.50. The van der Waals surface area contributed by atoms with Crippen LogP contribution in [0.3, 0.4) is 0 Å². The van der Waals surface area contributed by atoms with E-state index in [-0.39, 0.29) is 6.09 Å². The van der Waals surface area contributed by atoms with Crippen molar-refractivity contribution in [1.82, 2.24) is 10.6 Å². The number of carbonyl (C=O) groups is 1. The topological polar surface area (TPSA) is 50.4 Å². The number of fused-ring (bicyclic) bond motifs is 2. The van der Waals surface area contributed by atoms with E-state index in [4.69, 9.17) is 4.74 Å². The predicted octanol–water partition coefficient (Wildman–Crippen LogP) is 2.31. The summed E-state index contributed by atoms with van der Waals surface area (Å²) in [6, 6.07) is 0. The van der Waals surface area contributed by atoms with Crippen molar-refractivity contribution >= 4 is 6.09 Å². The molecule has 0 aromatic rings. The Bertz CT molecular complexity index is 347. The van der Waals surface area contributed by atoms with Gasteiger partial charge in [0.2, 0.25) is 0 Å². The van der Waals surface area contributed by atoms with E-state index in [1.54, 1.807) is 0 Å². The lowest BCUT2D eigenvalue weighted by atomic mass is 9.94. The van der Waals surface area contributed by atoms with Gasteiger partial charge in [-0.25, -0.2) is 4.79 Å². The van der Waals surface area contributed by atoms with Crippen molar-refractivity contribution in [1.29, 1.82) is 0 Å². The molecule has 2 bridgehead atoms. The largest absolute Gasteiger partial charge is 0.444 e. The van der Waals surface area contributed by atoms with Crippen LogP contribution in [0.25, 0.3) is 0 Å². The summed E-state index contributed by atoms with van der Waals surface area (Å²) in [4.78, 5) is 11.4. The normalized spacial score (nSPS) is 28.7. The summed E-state index contributed by atoms with van der Waals surface area (Å²) in [6.45, 7) is 8.08. The Morgan fingerprint density at radius 3 is 2.63 bits per heavy atom. The fourth-order valence-corrected chi connectivity index (χ4v) is 2.98. The first-order chi connectivity index (χ1) is 8.94. The average molecular weight is 266 g/mol. The van der Waals surface area contributed by atoms with Crippen LogP contribution >= 0.6 is 0 Å². The highest BCUT2D eigenvalue weighted by Gasteiger charge is 2.34. The molecule has 0 saturated heterocycles. The van der Waals surface area contributed by atoms with E-state index >= 15 is 0 Å². The van der Waals surface area contributed by atoms with Crippen LogP contribution in [0.2, 0.25) is 0 Å². The molecule has 2 rings (SSSR count). The van der Waals surface area contributed by atoms with Gasteiger partial charge in [0.25, 0.3) is 0 Å². The lowest BCUT2D eigenvalue weighted by Gasteiger charge is -2.20. The number of amides is 1. The smallest absolute Gasteiger partial charge is 0.407 e. The number of hydrogen-bond donors (Lipinski definition) is 2. The van der Waals surface area contributed by atoms with Gasteiger partial charge in [-0.2, -0.15) is 0 Å². The molecule has 2 aliphatic rings. The molecule has 2 aliphatic carbocycles. The van der Waals surface area contributed by atoms with Crippen molar-refractivity contribution in [3.8, 4) is 0 Å². The van der Waals surface area contributed by atoms with E-state index in [1.807, 2.05) is 20.8 Å². The van der Waals surface area contributed by atoms with Gasteiger partial charge in [-0.3, -0.25) is 0 Å². The van der Waals surface area contributed by atoms with Crippen LogP contribution in [0.4, 0.5) is 4.79 Å². The Hall–Kier alpha value is -1.03. The predicted molar refractivity (Wildman–Crippen MR) is 76.0 cm³/mol. The van der Waals surface area contributed by atoms with Crippen LogP contribution in [0.5, 0.6) is 0 Å². The highest BCUT2D eigenvalue weighted by atomic mass is 16.6. The third-order valence-corrected chi connectivity index (χ3v) is 3.79. The summed E-state index contributed by atoms with van der Waals surface area (Å²) in [5.41, 5.74) is -0.424. The van der Waals surface area contributed by atoms with Crippen LogP contribution in [0.1, 0.15) is 33.6 Å². The van der Waals surface area contributed by atoms with Gasteiger partial charge < -0.3 is 15.4 Å². The van der Waals surface area contributed by atoms with Crippen molar-refractivity contribution in [2.45, 2.75) is 39.2 Å². The van der Waals surface area contributed by atoms with Gasteiger partial charge in [-0.1, -0.05) is 12.2 Å². The molecule has 0 aromatic heterocycles. The maximum absolute atomic E-state index is 11.4. The zero-order chi connectivity index (χ0) is 13.9. The lowest BCUT2D eigenvalue weighted by molar-refractivity contribution is 0.0528. The molecule has 0 heterocycles. The Morgan fingerprint density at radius 1 is 1.26 bits per heavy atom. The van der Waals surface area contributed by atoms with Gasteiger partial charge in [0.1, 0.15) is 5.60 Å². The van der Waals surface area contributed by atoms with Crippen LogP contribution < -0.4 is 10.6 Å². The summed E-state index contributed by atoms with van der Waals surface area (Å²) in [6.07, 6.45) is 7.08. The van der Waals surface area contributed by atoms with Crippen molar-refractivity contribution in [2.75, 3.05) is 19.6 Å². The fourth-order valence-electron chi connectivity index (χ4n) is 2.98. The number of nitrogens with one attached hydrogen (secondary N) is 2. The molecule has 0 aromatic carbocycles. The molecule has 3 unspecified atom stereocenters. The van der Waals surface area contributed by atoms with Gasteiger partial charge in [0.05, 0.1) is 0 Å². The SMILES string of the molecule is CC(C)(C)OC(=O)NCCNCC1CC2C=CC1C2. The van der Waals surface area contributed by atoms with Crippen molar-refractivity contribution in [3.05, 3.63) is 12.2 Å². The number of allylic oxidation sites excluding steroid dienone is 2. The lowest BCUT2D eigenvalue weighted by Crippen LogP contribution is -2.37. The van der Waals surface area contributed by atoms with Crippen LogP contribution in [-0.2, 0) is 4.74 Å².